The van der Waals surface area contributed by atoms with E-state index < -0.39 is 21.5 Å². The number of carbonyl (C=O) groups excluding carboxylic acids is 1. The van der Waals surface area contributed by atoms with Crippen molar-refractivity contribution >= 4 is 22.0 Å². The fourth-order valence-corrected chi connectivity index (χ4v) is 3.09. The number of aliphatic carboxylic acids is 1. The van der Waals surface area contributed by atoms with Crippen molar-refractivity contribution < 1.29 is 23.1 Å². The number of urea groups is 1. The van der Waals surface area contributed by atoms with Crippen LogP contribution in [-0.2, 0) is 14.8 Å². The zero-order valence-corrected chi connectivity index (χ0v) is 13.7. The zero-order valence-electron chi connectivity index (χ0n) is 12.9. The number of piperazine rings is 1. The van der Waals surface area contributed by atoms with Gasteiger partial charge in [0.1, 0.15) is 5.54 Å². The molecule has 0 aromatic rings. The van der Waals surface area contributed by atoms with E-state index in [0.717, 1.165) is 6.26 Å². The molecule has 0 atom stereocenters. The van der Waals surface area contributed by atoms with Gasteiger partial charge < -0.3 is 14.9 Å². The van der Waals surface area contributed by atoms with E-state index in [0.29, 0.717) is 0 Å². The molecule has 2 amide bonds. The van der Waals surface area contributed by atoms with E-state index >= 15 is 0 Å². The first-order valence-corrected chi connectivity index (χ1v) is 8.61. The quantitative estimate of drug-likeness (QED) is 0.777. The molecule has 0 spiro atoms. The second-order valence-corrected chi connectivity index (χ2v) is 7.52. The molecule has 1 saturated heterocycles. The van der Waals surface area contributed by atoms with Crippen LogP contribution in [0, 0.1) is 0 Å². The molecule has 0 aromatic carbocycles. The maximum atomic E-state index is 12.5. The predicted octanol–water partition coefficient (Wildman–Crippen LogP) is -0.131. The Morgan fingerprint density at radius 1 is 1.19 bits per heavy atom. The number of amides is 2. The first kappa shape index (κ1) is 17.7. The summed E-state index contributed by atoms with van der Waals surface area (Å²) < 4.78 is 24.2. The topological polar surface area (TPSA) is 98.2 Å². The normalized spacial score (nSPS) is 17.6. The molecule has 0 aliphatic carbocycles. The summed E-state index contributed by atoms with van der Waals surface area (Å²) in [7, 11) is -3.26. The lowest BCUT2D eigenvalue weighted by Gasteiger charge is -2.40. The van der Waals surface area contributed by atoms with E-state index in [1.54, 1.807) is 6.92 Å². The molecule has 1 N–H and O–H groups in total. The van der Waals surface area contributed by atoms with E-state index in [2.05, 4.69) is 0 Å². The summed E-state index contributed by atoms with van der Waals surface area (Å²) in [5.41, 5.74) is -1.31. The van der Waals surface area contributed by atoms with Gasteiger partial charge in [-0.25, -0.2) is 18.0 Å². The van der Waals surface area contributed by atoms with E-state index in [9.17, 15) is 23.1 Å². The van der Waals surface area contributed by atoms with Crippen LogP contribution in [0.15, 0.2) is 0 Å². The van der Waals surface area contributed by atoms with Crippen LogP contribution in [-0.4, -0.2) is 84.1 Å². The molecule has 0 saturated carbocycles. The molecule has 1 heterocycles. The number of hydrogen-bond acceptors (Lipinski definition) is 4. The number of rotatable bonds is 4. The molecule has 0 radical (unpaired) electrons. The number of hydrogen-bond donors (Lipinski definition) is 1. The Labute approximate surface area is 125 Å². The predicted molar refractivity (Wildman–Crippen MR) is 77.5 cm³/mol. The van der Waals surface area contributed by atoms with Crippen LogP contribution in [0.4, 0.5) is 4.79 Å². The van der Waals surface area contributed by atoms with Crippen molar-refractivity contribution in [3.8, 4) is 0 Å². The van der Waals surface area contributed by atoms with Crippen LogP contribution in [0.3, 0.4) is 0 Å². The minimum Gasteiger partial charge on any atom is -0.480 e. The Morgan fingerprint density at radius 3 is 2.00 bits per heavy atom. The van der Waals surface area contributed by atoms with Gasteiger partial charge in [-0.1, -0.05) is 0 Å². The summed E-state index contributed by atoms with van der Waals surface area (Å²) in [4.78, 5) is 26.5. The van der Waals surface area contributed by atoms with Gasteiger partial charge in [-0.15, -0.1) is 0 Å². The molecular weight excluding hydrogens is 298 g/mol. The molecule has 8 nitrogen and oxygen atoms in total. The van der Waals surface area contributed by atoms with Gasteiger partial charge in [-0.3, -0.25) is 0 Å². The first-order chi connectivity index (χ1) is 9.51. The second-order valence-electron chi connectivity index (χ2n) is 5.54. The molecule has 9 heteroatoms. The fraction of sp³-hybridized carbons (Fsp3) is 0.833. The Morgan fingerprint density at radius 2 is 1.67 bits per heavy atom. The average Bonchev–Trinajstić information content (AvgIpc) is 2.38. The molecule has 0 aromatic heterocycles. The Kier molecular flexibility index (Phi) is 5.21. The molecule has 122 valence electrons. The summed E-state index contributed by atoms with van der Waals surface area (Å²) in [5, 5.41) is 9.24. The first-order valence-electron chi connectivity index (χ1n) is 6.77. The van der Waals surface area contributed by atoms with E-state index in [-0.39, 0.29) is 38.8 Å². The Balaban J connectivity index is 2.79. The highest BCUT2D eigenvalue weighted by molar-refractivity contribution is 7.88. The van der Waals surface area contributed by atoms with Crippen molar-refractivity contribution in [3.05, 3.63) is 0 Å². The minimum absolute atomic E-state index is 0.232. The van der Waals surface area contributed by atoms with Gasteiger partial charge in [0.2, 0.25) is 10.0 Å². The number of sulfonamides is 1. The summed E-state index contributed by atoms with van der Waals surface area (Å²) in [6.07, 6.45) is 1.14. The highest BCUT2D eigenvalue weighted by Crippen LogP contribution is 2.18. The molecule has 0 bridgehead atoms. The van der Waals surface area contributed by atoms with Gasteiger partial charge in [0.05, 0.1) is 6.26 Å². The third kappa shape index (κ3) is 3.85. The SMILES string of the molecule is CCN(C(=O)N1CCN(S(C)(=O)=O)CC1)C(C)(C)C(=O)O. The monoisotopic (exact) mass is 321 g/mol. The highest BCUT2D eigenvalue weighted by Gasteiger charge is 2.39. The average molecular weight is 321 g/mol. The molecule has 1 aliphatic heterocycles. The van der Waals surface area contributed by atoms with Gasteiger partial charge in [0, 0.05) is 32.7 Å². The van der Waals surface area contributed by atoms with Crippen molar-refractivity contribution in [2.75, 3.05) is 39.0 Å². The molecule has 1 aliphatic rings. The van der Waals surface area contributed by atoms with Gasteiger partial charge in [0.25, 0.3) is 0 Å². The van der Waals surface area contributed by atoms with Crippen LogP contribution >= 0.6 is 0 Å². The number of carboxylic acids is 1. The number of carbonyl (C=O) groups is 2. The smallest absolute Gasteiger partial charge is 0.329 e. The molecule has 0 unspecified atom stereocenters. The Bertz CT molecular complexity index is 509. The largest absolute Gasteiger partial charge is 0.480 e. The second kappa shape index (κ2) is 6.18. The summed E-state index contributed by atoms with van der Waals surface area (Å²) in [6.45, 7) is 5.92. The van der Waals surface area contributed by atoms with E-state index in [1.165, 1.54) is 28.0 Å². The van der Waals surface area contributed by atoms with E-state index in [1.807, 2.05) is 0 Å². The summed E-state index contributed by atoms with van der Waals surface area (Å²) in [6, 6.07) is -0.377. The zero-order chi connectivity index (χ0) is 16.4. The molecular formula is C12H23N3O5S. The van der Waals surface area contributed by atoms with Gasteiger partial charge in [0.15, 0.2) is 0 Å². The summed E-state index contributed by atoms with van der Waals surface area (Å²) >= 11 is 0. The van der Waals surface area contributed by atoms with Crippen molar-refractivity contribution in [3.63, 3.8) is 0 Å². The van der Waals surface area contributed by atoms with Crippen molar-refractivity contribution in [2.24, 2.45) is 0 Å². The minimum atomic E-state index is -3.26. The Hall–Kier alpha value is -1.35. The van der Waals surface area contributed by atoms with Gasteiger partial charge >= 0.3 is 12.0 Å². The molecule has 1 rings (SSSR count). The maximum absolute atomic E-state index is 12.5. The van der Waals surface area contributed by atoms with Crippen LogP contribution in [0.25, 0.3) is 0 Å². The fourth-order valence-electron chi connectivity index (χ4n) is 2.27. The third-order valence-corrected chi connectivity index (χ3v) is 5.03. The lowest BCUT2D eigenvalue weighted by atomic mass is 10.0. The third-order valence-electron chi connectivity index (χ3n) is 3.72. The number of carboxylic acid groups (broad SMARTS) is 1. The van der Waals surface area contributed by atoms with Gasteiger partial charge in [-0.05, 0) is 20.8 Å². The number of nitrogens with zero attached hydrogens (tertiary/aromatic N) is 3. The lowest BCUT2D eigenvalue weighted by molar-refractivity contribution is -0.147. The highest BCUT2D eigenvalue weighted by atomic mass is 32.2. The van der Waals surface area contributed by atoms with Crippen LogP contribution in [0.5, 0.6) is 0 Å². The molecule has 21 heavy (non-hydrogen) atoms. The maximum Gasteiger partial charge on any atom is 0.329 e. The van der Waals surface area contributed by atoms with Crippen LogP contribution in [0.2, 0.25) is 0 Å². The van der Waals surface area contributed by atoms with Crippen molar-refractivity contribution in [2.45, 2.75) is 26.3 Å². The standard InChI is InChI=1S/C12H23N3O5S/c1-5-15(12(2,3)10(16)17)11(18)13-6-8-14(9-7-13)21(4,19)20/h5-9H2,1-4H3,(H,16,17). The van der Waals surface area contributed by atoms with Crippen molar-refractivity contribution in [1.82, 2.24) is 14.1 Å². The summed E-state index contributed by atoms with van der Waals surface area (Å²) in [5.74, 6) is -1.08. The molecule has 1 fully saturated rings. The van der Waals surface area contributed by atoms with Crippen molar-refractivity contribution in [1.29, 1.82) is 0 Å². The lowest BCUT2D eigenvalue weighted by Crippen LogP contribution is -2.60. The number of likely N-dealkylation sites (N-methyl/N-ethyl adjacent to an activating group) is 1. The van der Waals surface area contributed by atoms with Crippen LogP contribution in [0.1, 0.15) is 20.8 Å². The van der Waals surface area contributed by atoms with Gasteiger partial charge in [-0.2, -0.15) is 4.31 Å². The van der Waals surface area contributed by atoms with E-state index in [4.69, 9.17) is 0 Å². The van der Waals surface area contributed by atoms with Crippen LogP contribution < -0.4 is 0 Å².